The maximum Gasteiger partial charge on any atom is 0.256 e. The number of piperidine rings is 2. The minimum absolute atomic E-state index is 0.213. The van der Waals surface area contributed by atoms with Crippen LogP contribution in [0.2, 0.25) is 5.02 Å². The first kappa shape index (κ1) is 25.4. The number of hydrogen-bond donors (Lipinski definition) is 3. The van der Waals surface area contributed by atoms with Crippen molar-refractivity contribution in [1.29, 1.82) is 0 Å². The predicted molar refractivity (Wildman–Crippen MR) is 147 cm³/mol. The molecule has 1 aromatic carbocycles. The number of amides is 1. The van der Waals surface area contributed by atoms with E-state index in [9.17, 15) is 13.2 Å². The van der Waals surface area contributed by atoms with Crippen LogP contribution in [0.3, 0.4) is 0 Å². The maximum atomic E-state index is 13.8. The Hall–Kier alpha value is -2.89. The summed E-state index contributed by atoms with van der Waals surface area (Å²) in [5.41, 5.74) is 2.96. The van der Waals surface area contributed by atoms with E-state index in [2.05, 4.69) is 15.4 Å². The highest BCUT2D eigenvalue weighted by molar-refractivity contribution is 7.92. The summed E-state index contributed by atoms with van der Waals surface area (Å²) in [5.74, 6) is 1.23. The molecule has 202 valence electrons. The Balaban J connectivity index is 1.29. The summed E-state index contributed by atoms with van der Waals surface area (Å²) in [4.78, 5) is 20.5. The highest BCUT2D eigenvalue weighted by atomic mass is 35.5. The molecule has 1 aliphatic carbocycles. The van der Waals surface area contributed by atoms with E-state index in [4.69, 9.17) is 21.7 Å². The molecule has 0 spiro atoms. The first-order valence-corrected chi connectivity index (χ1v) is 15.4. The zero-order valence-electron chi connectivity index (χ0n) is 21.4. The predicted octanol–water partition coefficient (Wildman–Crippen LogP) is 3.59. The fraction of sp³-hybridized carbons (Fsp3) is 0.500. The van der Waals surface area contributed by atoms with Gasteiger partial charge < -0.3 is 15.5 Å². The lowest BCUT2D eigenvalue weighted by atomic mass is 9.98. The second-order valence-electron chi connectivity index (χ2n) is 10.8. The van der Waals surface area contributed by atoms with Crippen molar-refractivity contribution in [2.24, 2.45) is 5.92 Å². The Bertz CT molecular complexity index is 1510. The third-order valence-corrected chi connectivity index (χ3v) is 8.77. The van der Waals surface area contributed by atoms with Crippen LogP contribution < -0.4 is 15.4 Å². The first-order chi connectivity index (χ1) is 18.1. The molecule has 3 fully saturated rings. The van der Waals surface area contributed by atoms with Crippen LogP contribution in [0, 0.1) is 12.8 Å². The van der Waals surface area contributed by atoms with Gasteiger partial charge in [-0.15, -0.1) is 0 Å². The third kappa shape index (κ3) is 4.94. The molecule has 38 heavy (non-hydrogen) atoms. The Kier molecular flexibility index (Phi) is 6.48. The number of fused-ring (bicyclic) bond motifs is 3. The first-order valence-electron chi connectivity index (χ1n) is 13.1. The van der Waals surface area contributed by atoms with Crippen molar-refractivity contribution >= 4 is 44.7 Å². The van der Waals surface area contributed by atoms with Crippen molar-refractivity contribution in [2.75, 3.05) is 29.4 Å². The molecule has 3 aromatic rings. The largest absolute Gasteiger partial charge is 0.367 e. The topological polar surface area (TPSA) is 121 Å². The average molecular weight is 558 g/mol. The summed E-state index contributed by atoms with van der Waals surface area (Å²) in [6.45, 7) is 3.63. The molecule has 0 unspecified atom stereocenters. The lowest BCUT2D eigenvalue weighted by Gasteiger charge is -2.35. The van der Waals surface area contributed by atoms with E-state index in [0.29, 0.717) is 29.6 Å². The molecule has 2 saturated heterocycles. The van der Waals surface area contributed by atoms with Gasteiger partial charge >= 0.3 is 0 Å². The smallest absolute Gasteiger partial charge is 0.256 e. The van der Waals surface area contributed by atoms with E-state index >= 15 is 0 Å². The number of likely N-dealkylation sites (tertiary alicyclic amines) is 1. The standard InChI is InChI=1S/C26H32ClN7O3S/c1-15-14-34-24(30-25(15)29-21-11-18-9-16(21)13-28-18)12-22(31-34)23-5-3-4-8-33(23)26(35)19-10-17(27)6-7-20(19)32-38(2,36)37/h6-7,10,12,14,16,18,21,23,28,32H,3-5,8-9,11,13H2,1-2H3,(H,29,30)/t16-,18+,21-,23-/m0/s1. The lowest BCUT2D eigenvalue weighted by molar-refractivity contribution is 0.0607. The number of hydrogen-bond acceptors (Lipinski definition) is 7. The van der Waals surface area contributed by atoms with Gasteiger partial charge in [0.1, 0.15) is 5.82 Å². The van der Waals surface area contributed by atoms with Crippen molar-refractivity contribution in [3.05, 3.63) is 52.3 Å². The number of carbonyl (C=O) groups is 1. The van der Waals surface area contributed by atoms with E-state index in [1.165, 1.54) is 18.6 Å². The molecule has 0 radical (unpaired) electrons. The molecule has 12 heteroatoms. The molecule has 1 saturated carbocycles. The van der Waals surface area contributed by atoms with Crippen LogP contribution in [-0.2, 0) is 10.0 Å². The Labute approximate surface area is 227 Å². The van der Waals surface area contributed by atoms with Crippen LogP contribution in [0.4, 0.5) is 11.5 Å². The van der Waals surface area contributed by atoms with Crippen LogP contribution in [0.5, 0.6) is 0 Å². The van der Waals surface area contributed by atoms with Crippen LogP contribution >= 0.6 is 11.6 Å². The van der Waals surface area contributed by atoms with Crippen LogP contribution in [-0.4, -0.2) is 65.3 Å². The molecule has 4 atom stereocenters. The summed E-state index contributed by atoms with van der Waals surface area (Å²) in [6, 6.07) is 7.33. The average Bonchev–Trinajstić information content (AvgIpc) is 3.60. The zero-order chi connectivity index (χ0) is 26.6. The number of anilines is 2. The van der Waals surface area contributed by atoms with Gasteiger partial charge in [0.25, 0.3) is 5.91 Å². The van der Waals surface area contributed by atoms with Crippen molar-refractivity contribution in [2.45, 2.75) is 57.2 Å². The number of nitrogens with zero attached hydrogens (tertiary/aromatic N) is 4. The Morgan fingerprint density at radius 1 is 1.21 bits per heavy atom. The van der Waals surface area contributed by atoms with Crippen LogP contribution in [0.25, 0.3) is 5.65 Å². The van der Waals surface area contributed by atoms with Gasteiger partial charge in [0, 0.05) is 48.0 Å². The number of benzene rings is 1. The zero-order valence-corrected chi connectivity index (χ0v) is 23.0. The van der Waals surface area contributed by atoms with Gasteiger partial charge in [-0.1, -0.05) is 11.6 Å². The van der Waals surface area contributed by atoms with Gasteiger partial charge in [-0.05, 0) is 63.1 Å². The second kappa shape index (κ2) is 9.69. The summed E-state index contributed by atoms with van der Waals surface area (Å²) in [6.07, 6.45) is 7.95. The molecule has 3 aliphatic rings. The number of aryl methyl sites for hydroxylation is 1. The minimum Gasteiger partial charge on any atom is -0.367 e. The maximum absolute atomic E-state index is 13.8. The summed E-state index contributed by atoms with van der Waals surface area (Å²) >= 11 is 6.21. The molecular formula is C26H32ClN7O3S. The monoisotopic (exact) mass is 557 g/mol. The number of carbonyl (C=O) groups excluding carboxylic acids is 1. The van der Waals surface area contributed by atoms with Crippen LogP contribution in [0.15, 0.2) is 30.5 Å². The fourth-order valence-corrected chi connectivity index (χ4v) is 6.89. The van der Waals surface area contributed by atoms with E-state index in [1.54, 1.807) is 15.5 Å². The molecule has 4 heterocycles. The number of sulfonamides is 1. The van der Waals surface area contributed by atoms with Gasteiger partial charge in [0.05, 0.1) is 29.2 Å². The molecule has 1 amide bonds. The number of aromatic nitrogens is 3. The van der Waals surface area contributed by atoms with Crippen LogP contribution in [0.1, 0.15) is 59.8 Å². The lowest BCUT2D eigenvalue weighted by Crippen LogP contribution is -2.39. The highest BCUT2D eigenvalue weighted by Crippen LogP contribution is 2.36. The fourth-order valence-electron chi connectivity index (χ4n) is 6.14. The normalized spacial score (nSPS) is 25.2. The Morgan fingerprint density at radius 3 is 2.79 bits per heavy atom. The van der Waals surface area contributed by atoms with E-state index in [-0.39, 0.29) is 23.2 Å². The number of nitrogens with one attached hydrogen (secondary N) is 3. The number of rotatable bonds is 6. The van der Waals surface area contributed by atoms with Gasteiger partial charge in [-0.2, -0.15) is 5.10 Å². The van der Waals surface area contributed by atoms with Gasteiger partial charge in [0.2, 0.25) is 10.0 Å². The molecule has 10 nitrogen and oxygen atoms in total. The molecule has 2 bridgehead atoms. The summed E-state index contributed by atoms with van der Waals surface area (Å²) in [5, 5.41) is 12.4. The third-order valence-electron chi connectivity index (χ3n) is 7.95. The quantitative estimate of drug-likeness (QED) is 0.423. The SMILES string of the molecule is Cc1cn2nc([C@@H]3CCCCN3C(=O)c3cc(Cl)ccc3NS(C)(=O)=O)cc2nc1N[C@H]1C[C@H]2C[C@H]1CN2. The summed E-state index contributed by atoms with van der Waals surface area (Å²) in [7, 11) is -3.58. The minimum atomic E-state index is -3.58. The van der Waals surface area contributed by atoms with Crippen molar-refractivity contribution in [1.82, 2.24) is 24.8 Å². The highest BCUT2D eigenvalue weighted by Gasteiger charge is 2.39. The van der Waals surface area contributed by atoms with Crippen molar-refractivity contribution in [3.63, 3.8) is 0 Å². The number of halogens is 1. The van der Waals surface area contributed by atoms with Gasteiger partial charge in [-0.25, -0.2) is 17.9 Å². The van der Waals surface area contributed by atoms with Gasteiger partial charge in [-0.3, -0.25) is 9.52 Å². The molecule has 6 rings (SSSR count). The second-order valence-corrected chi connectivity index (χ2v) is 13.0. The summed E-state index contributed by atoms with van der Waals surface area (Å²) < 4.78 is 28.1. The van der Waals surface area contributed by atoms with E-state index in [1.807, 2.05) is 19.2 Å². The Morgan fingerprint density at radius 2 is 2.05 bits per heavy atom. The van der Waals surface area contributed by atoms with Crippen molar-refractivity contribution < 1.29 is 13.2 Å². The molecule has 2 aromatic heterocycles. The van der Waals surface area contributed by atoms with Gasteiger partial charge in [0.15, 0.2) is 5.65 Å². The van der Waals surface area contributed by atoms with E-state index in [0.717, 1.165) is 61.2 Å². The molecular weight excluding hydrogens is 526 g/mol. The molecule has 3 N–H and O–H groups in total. The molecule has 2 aliphatic heterocycles. The van der Waals surface area contributed by atoms with E-state index < -0.39 is 10.0 Å². The van der Waals surface area contributed by atoms with Crippen molar-refractivity contribution in [3.8, 4) is 0 Å².